The molecule has 0 atom stereocenters. The molecule has 0 aromatic carbocycles. The molecule has 126 valence electrons. The fourth-order valence-electron chi connectivity index (χ4n) is 1.68. The fraction of sp³-hybridized carbons (Fsp3) is 1.00. The highest BCUT2D eigenvalue weighted by atomic mass is 32.2. The molecule has 1 rings (SSSR count). The minimum absolute atomic E-state index is 0.377. The van der Waals surface area contributed by atoms with Gasteiger partial charge in [0.15, 0.2) is 0 Å². The fourth-order valence-corrected chi connectivity index (χ4v) is 2.42. The van der Waals surface area contributed by atoms with E-state index in [0.717, 1.165) is 25.0 Å². The number of hydrogen-bond donors (Lipinski definition) is 1. The average Bonchev–Trinajstić information content (AvgIpc) is 2.43. The van der Waals surface area contributed by atoms with E-state index >= 15 is 0 Å². The van der Waals surface area contributed by atoms with E-state index in [1.165, 1.54) is 0 Å². The summed E-state index contributed by atoms with van der Waals surface area (Å²) in [6, 6.07) is 0. The van der Waals surface area contributed by atoms with Crippen molar-refractivity contribution < 1.29 is 31.1 Å². The monoisotopic (exact) mass is 340 g/mol. The zero-order valence-electron chi connectivity index (χ0n) is 11.3. The van der Waals surface area contributed by atoms with Gasteiger partial charge in [0, 0.05) is 38.4 Å². The van der Waals surface area contributed by atoms with Crippen LogP contribution in [-0.2, 0) is 4.74 Å². The zero-order chi connectivity index (χ0) is 15.9. The van der Waals surface area contributed by atoms with Crippen LogP contribution in [0.25, 0.3) is 0 Å². The van der Waals surface area contributed by atoms with Crippen molar-refractivity contribution in [1.29, 1.82) is 0 Å². The van der Waals surface area contributed by atoms with E-state index in [4.69, 9.17) is 4.74 Å². The van der Waals surface area contributed by atoms with Gasteiger partial charge in [-0.25, -0.2) is 8.78 Å². The molecule has 3 nitrogen and oxygen atoms in total. The van der Waals surface area contributed by atoms with Gasteiger partial charge >= 0.3 is 18.3 Å². The highest BCUT2D eigenvalue weighted by Gasteiger charge is 2.62. The first-order valence-corrected chi connectivity index (χ1v) is 7.44. The van der Waals surface area contributed by atoms with Crippen LogP contribution in [0, 0.1) is 0 Å². The molecule has 1 heterocycles. The van der Waals surface area contributed by atoms with Gasteiger partial charge in [0.2, 0.25) is 0 Å². The normalized spacial score (nSPS) is 18.4. The van der Waals surface area contributed by atoms with E-state index in [9.17, 15) is 26.3 Å². The second-order valence-corrected chi connectivity index (χ2v) is 5.56. The Morgan fingerprint density at radius 1 is 1.14 bits per heavy atom. The lowest BCUT2D eigenvalue weighted by Gasteiger charge is -2.27. The summed E-state index contributed by atoms with van der Waals surface area (Å²) in [5.74, 6) is -10.4. The number of alkyl halides is 6. The van der Waals surface area contributed by atoms with Crippen LogP contribution in [0.5, 0.6) is 0 Å². The van der Waals surface area contributed by atoms with Crippen molar-refractivity contribution in [2.45, 2.75) is 24.7 Å². The second kappa shape index (κ2) is 8.44. The highest BCUT2D eigenvalue weighted by molar-refractivity contribution is 7.97. The van der Waals surface area contributed by atoms with Crippen molar-refractivity contribution in [3.05, 3.63) is 0 Å². The van der Waals surface area contributed by atoms with Gasteiger partial charge in [-0.15, -0.1) is 0 Å². The van der Waals surface area contributed by atoms with E-state index in [-0.39, 0.29) is 5.75 Å². The first-order valence-electron chi connectivity index (χ1n) is 6.46. The maximum absolute atomic E-state index is 13.0. The van der Waals surface area contributed by atoms with Crippen LogP contribution in [0.3, 0.4) is 0 Å². The van der Waals surface area contributed by atoms with E-state index in [1.807, 2.05) is 0 Å². The number of hydrogen-bond acceptors (Lipinski definition) is 4. The third kappa shape index (κ3) is 5.84. The Bertz CT molecular complexity index is 302. The summed E-state index contributed by atoms with van der Waals surface area (Å²) in [7, 11) is 0. The number of ether oxygens (including phenoxy) is 1. The molecule has 0 saturated carbocycles. The largest absolute Gasteiger partial charge is 0.379 e. The molecule has 0 spiro atoms. The Labute approximate surface area is 123 Å². The highest BCUT2D eigenvalue weighted by Crippen LogP contribution is 2.41. The quantitative estimate of drug-likeness (QED) is 0.396. The van der Waals surface area contributed by atoms with Crippen LogP contribution in [0.2, 0.25) is 0 Å². The lowest BCUT2D eigenvalue weighted by Crippen LogP contribution is -2.46. The Balaban J connectivity index is 2.12. The first kappa shape index (κ1) is 18.9. The maximum Gasteiger partial charge on any atom is 0.369 e. The molecule has 1 fully saturated rings. The Morgan fingerprint density at radius 2 is 1.76 bits per heavy atom. The molecule has 10 heteroatoms. The van der Waals surface area contributed by atoms with E-state index in [0.29, 0.717) is 26.3 Å². The topological polar surface area (TPSA) is 24.5 Å². The average molecular weight is 340 g/mol. The molecule has 0 bridgehead atoms. The Hall–Kier alpha value is -0.190. The molecule has 1 saturated heterocycles. The van der Waals surface area contributed by atoms with Crippen LogP contribution >= 0.6 is 11.9 Å². The molecule has 0 radical (unpaired) electrons. The third-order valence-electron chi connectivity index (χ3n) is 3.02. The molecule has 0 unspecified atom stereocenters. The zero-order valence-corrected chi connectivity index (χ0v) is 12.1. The summed E-state index contributed by atoms with van der Waals surface area (Å²) >= 11 is 0.830. The van der Waals surface area contributed by atoms with Crippen molar-refractivity contribution in [2.75, 3.05) is 45.1 Å². The smallest absolute Gasteiger partial charge is 0.369 e. The lowest BCUT2D eigenvalue weighted by molar-refractivity contribution is -0.263. The molecular weight excluding hydrogens is 322 g/mol. The van der Waals surface area contributed by atoms with E-state index in [2.05, 4.69) is 9.62 Å². The number of nitrogens with one attached hydrogen (secondary N) is 1. The van der Waals surface area contributed by atoms with Crippen LogP contribution in [0.4, 0.5) is 26.3 Å². The van der Waals surface area contributed by atoms with Crippen LogP contribution in [-0.4, -0.2) is 68.3 Å². The molecule has 21 heavy (non-hydrogen) atoms. The van der Waals surface area contributed by atoms with Gasteiger partial charge < -0.3 is 4.74 Å². The molecule has 1 aliphatic rings. The van der Waals surface area contributed by atoms with Crippen molar-refractivity contribution >= 4 is 11.9 Å². The van der Waals surface area contributed by atoms with Gasteiger partial charge in [-0.2, -0.15) is 17.6 Å². The summed E-state index contributed by atoms with van der Waals surface area (Å²) in [5, 5.41) is 0. The lowest BCUT2D eigenvalue weighted by atomic mass is 10.1. The first-order chi connectivity index (χ1) is 9.77. The predicted molar refractivity (Wildman–Crippen MR) is 68.2 cm³/mol. The molecule has 0 aromatic heterocycles. The van der Waals surface area contributed by atoms with Crippen molar-refractivity contribution in [1.82, 2.24) is 9.62 Å². The minimum atomic E-state index is -5.29. The maximum atomic E-state index is 13.0. The molecular formula is C11H18F6N2OS. The Kier molecular flexibility index (Phi) is 7.58. The minimum Gasteiger partial charge on any atom is -0.379 e. The van der Waals surface area contributed by atoms with Gasteiger partial charge in [0.05, 0.1) is 13.2 Å². The van der Waals surface area contributed by atoms with Gasteiger partial charge in [-0.05, 0) is 0 Å². The van der Waals surface area contributed by atoms with Gasteiger partial charge in [0.25, 0.3) is 0 Å². The Morgan fingerprint density at radius 3 is 2.33 bits per heavy atom. The summed E-state index contributed by atoms with van der Waals surface area (Å²) in [5.41, 5.74) is 0. The van der Waals surface area contributed by atoms with Crippen LogP contribution in [0.1, 0.15) is 6.42 Å². The summed E-state index contributed by atoms with van der Waals surface area (Å²) < 4.78 is 82.8. The number of morpholine rings is 1. The van der Waals surface area contributed by atoms with Gasteiger partial charge in [0.1, 0.15) is 0 Å². The molecule has 1 aliphatic heterocycles. The molecule has 0 aromatic rings. The summed E-state index contributed by atoms with van der Waals surface area (Å²) in [6.07, 6.45) is -5.67. The van der Waals surface area contributed by atoms with E-state index < -0.39 is 24.7 Å². The second-order valence-electron chi connectivity index (χ2n) is 4.57. The van der Waals surface area contributed by atoms with Crippen molar-refractivity contribution in [3.63, 3.8) is 0 Å². The van der Waals surface area contributed by atoms with Crippen molar-refractivity contribution in [2.24, 2.45) is 0 Å². The van der Waals surface area contributed by atoms with Crippen LogP contribution in [0.15, 0.2) is 0 Å². The molecule has 0 aliphatic carbocycles. The molecule has 0 amide bonds. The van der Waals surface area contributed by atoms with Crippen molar-refractivity contribution in [3.8, 4) is 0 Å². The standard InChI is InChI=1S/C11H18F6N2OS/c12-9(13)11(16,17)10(14,15)1-8-21-18-2-3-19-4-6-20-7-5-19/h9,18H,1-8H2. The number of halogens is 6. The number of nitrogens with zero attached hydrogens (tertiary/aromatic N) is 1. The SMILES string of the molecule is FC(F)C(F)(F)C(F)(F)CCSNCCN1CCOCC1. The molecule has 1 N–H and O–H groups in total. The van der Waals surface area contributed by atoms with Crippen LogP contribution < -0.4 is 4.72 Å². The third-order valence-corrected chi connectivity index (χ3v) is 3.83. The summed E-state index contributed by atoms with van der Waals surface area (Å²) in [6.45, 7) is 4.02. The predicted octanol–water partition coefficient (Wildman–Crippen LogP) is 2.48. The van der Waals surface area contributed by atoms with Gasteiger partial charge in [-0.3, -0.25) is 9.62 Å². The van der Waals surface area contributed by atoms with Gasteiger partial charge in [-0.1, -0.05) is 11.9 Å². The number of rotatable bonds is 9. The van der Waals surface area contributed by atoms with E-state index in [1.54, 1.807) is 0 Å². The summed E-state index contributed by atoms with van der Waals surface area (Å²) in [4.78, 5) is 2.11.